The number of nitrogens with one attached hydrogen (secondary N) is 1. The van der Waals surface area contributed by atoms with Gasteiger partial charge in [0, 0.05) is 12.6 Å². The Balaban J connectivity index is 2.15. The molecule has 2 heteroatoms. The quantitative estimate of drug-likeness (QED) is 0.881. The van der Waals surface area contributed by atoms with Crippen LogP contribution < -0.4 is 5.32 Å². The largest absolute Gasteiger partial charge is 0.309 e. The lowest BCUT2D eigenvalue weighted by Gasteiger charge is -2.34. The molecule has 0 saturated carbocycles. The zero-order valence-corrected chi connectivity index (χ0v) is 14.5. The van der Waals surface area contributed by atoms with Crippen molar-refractivity contribution < 1.29 is 0 Å². The molecule has 1 aromatic carbocycles. The van der Waals surface area contributed by atoms with Gasteiger partial charge in [0.2, 0.25) is 0 Å². The van der Waals surface area contributed by atoms with Crippen LogP contribution in [-0.4, -0.2) is 31.1 Å². The van der Waals surface area contributed by atoms with Gasteiger partial charge in [-0.1, -0.05) is 31.5 Å². The summed E-state index contributed by atoms with van der Waals surface area (Å²) in [5.41, 5.74) is 5.75. The normalized spacial score (nSPS) is 18.9. The highest BCUT2D eigenvalue weighted by atomic mass is 15.2. The van der Waals surface area contributed by atoms with Gasteiger partial charge >= 0.3 is 0 Å². The highest BCUT2D eigenvalue weighted by Crippen LogP contribution is 2.26. The van der Waals surface area contributed by atoms with Crippen molar-refractivity contribution in [2.24, 2.45) is 5.92 Å². The van der Waals surface area contributed by atoms with Crippen LogP contribution in [0.2, 0.25) is 0 Å². The third-order valence-corrected chi connectivity index (χ3v) is 4.85. The molecule has 0 radical (unpaired) electrons. The molecule has 1 N–H and O–H groups in total. The second-order valence-corrected chi connectivity index (χ2v) is 6.91. The number of hydrogen-bond acceptors (Lipinski definition) is 2. The molecule has 1 atom stereocenters. The van der Waals surface area contributed by atoms with Crippen molar-refractivity contribution >= 4 is 0 Å². The van der Waals surface area contributed by atoms with Crippen molar-refractivity contribution in [2.75, 3.05) is 26.2 Å². The van der Waals surface area contributed by atoms with Gasteiger partial charge in [0.1, 0.15) is 0 Å². The van der Waals surface area contributed by atoms with E-state index in [1.54, 1.807) is 0 Å². The maximum Gasteiger partial charge on any atom is 0.0454 e. The van der Waals surface area contributed by atoms with E-state index in [2.05, 4.69) is 57.0 Å². The van der Waals surface area contributed by atoms with Crippen LogP contribution in [0.3, 0.4) is 0 Å². The van der Waals surface area contributed by atoms with Crippen molar-refractivity contribution in [3.63, 3.8) is 0 Å². The smallest absolute Gasteiger partial charge is 0.0454 e. The molecule has 0 aliphatic carbocycles. The second-order valence-electron chi connectivity index (χ2n) is 6.91. The third-order valence-electron chi connectivity index (χ3n) is 4.85. The number of hydrogen-bond donors (Lipinski definition) is 1. The van der Waals surface area contributed by atoms with Crippen LogP contribution in [0, 0.1) is 26.7 Å². The maximum absolute atomic E-state index is 3.72. The summed E-state index contributed by atoms with van der Waals surface area (Å²) in [4.78, 5) is 2.64. The van der Waals surface area contributed by atoms with Crippen molar-refractivity contribution in [3.8, 4) is 0 Å². The number of piperidine rings is 1. The fourth-order valence-electron chi connectivity index (χ4n) is 3.75. The molecule has 118 valence electrons. The fourth-order valence-corrected chi connectivity index (χ4v) is 3.75. The van der Waals surface area contributed by atoms with Crippen LogP contribution in [0.1, 0.15) is 55.0 Å². The average Bonchev–Trinajstić information content (AvgIpc) is 2.40. The Labute approximate surface area is 130 Å². The summed E-state index contributed by atoms with van der Waals surface area (Å²) >= 11 is 0. The van der Waals surface area contributed by atoms with Crippen molar-refractivity contribution in [2.45, 2.75) is 53.5 Å². The molecule has 1 saturated heterocycles. The van der Waals surface area contributed by atoms with Crippen LogP contribution in [0.4, 0.5) is 0 Å². The molecule has 0 spiro atoms. The SMILES string of the molecule is CCNC(CN1CCC(C)CC1)c1c(C)cc(C)cc1C. The van der Waals surface area contributed by atoms with Crippen LogP contribution in [0.15, 0.2) is 12.1 Å². The van der Waals surface area contributed by atoms with Gasteiger partial charge in [-0.05, 0) is 75.9 Å². The zero-order valence-electron chi connectivity index (χ0n) is 14.5. The maximum atomic E-state index is 3.72. The Hall–Kier alpha value is -0.860. The molecular weight excluding hydrogens is 256 g/mol. The van der Waals surface area contributed by atoms with Crippen molar-refractivity contribution in [3.05, 3.63) is 34.4 Å². The van der Waals surface area contributed by atoms with E-state index >= 15 is 0 Å². The van der Waals surface area contributed by atoms with E-state index in [9.17, 15) is 0 Å². The van der Waals surface area contributed by atoms with E-state index in [4.69, 9.17) is 0 Å². The molecule has 2 rings (SSSR count). The number of rotatable bonds is 5. The molecule has 0 amide bonds. The lowest BCUT2D eigenvalue weighted by molar-refractivity contribution is 0.175. The molecule has 1 aromatic rings. The Morgan fingerprint density at radius 2 is 1.71 bits per heavy atom. The van der Waals surface area contributed by atoms with E-state index in [-0.39, 0.29) is 0 Å². The first-order valence-corrected chi connectivity index (χ1v) is 8.54. The number of nitrogens with zero attached hydrogens (tertiary/aromatic N) is 1. The molecule has 1 aliphatic rings. The summed E-state index contributed by atoms with van der Waals surface area (Å²) in [6.45, 7) is 16.0. The summed E-state index contributed by atoms with van der Waals surface area (Å²) in [5.74, 6) is 0.904. The predicted molar refractivity (Wildman–Crippen MR) is 91.9 cm³/mol. The summed E-state index contributed by atoms with van der Waals surface area (Å²) < 4.78 is 0. The predicted octanol–water partition coefficient (Wildman–Crippen LogP) is 3.99. The first-order chi connectivity index (χ1) is 10.0. The van der Waals surface area contributed by atoms with Gasteiger partial charge in [-0.3, -0.25) is 0 Å². The third kappa shape index (κ3) is 4.31. The number of likely N-dealkylation sites (N-methyl/N-ethyl adjacent to an activating group) is 1. The first kappa shape index (κ1) is 16.5. The minimum absolute atomic E-state index is 0.462. The van der Waals surface area contributed by atoms with E-state index in [0.29, 0.717) is 6.04 Å². The molecule has 0 bridgehead atoms. The van der Waals surface area contributed by atoms with Crippen LogP contribution >= 0.6 is 0 Å². The number of likely N-dealkylation sites (tertiary alicyclic amines) is 1. The summed E-state index contributed by atoms with van der Waals surface area (Å²) in [5, 5.41) is 3.72. The van der Waals surface area contributed by atoms with E-state index in [1.165, 1.54) is 48.2 Å². The van der Waals surface area contributed by atoms with Gasteiger partial charge in [-0.25, -0.2) is 0 Å². The van der Waals surface area contributed by atoms with Crippen LogP contribution in [0.5, 0.6) is 0 Å². The van der Waals surface area contributed by atoms with E-state index in [1.807, 2.05) is 0 Å². The Kier molecular flexibility index (Phi) is 5.83. The summed E-state index contributed by atoms with van der Waals surface area (Å²) in [6, 6.07) is 5.11. The standard InChI is InChI=1S/C19H32N2/c1-6-20-18(13-21-9-7-14(2)8-10-21)19-16(4)11-15(3)12-17(19)5/h11-12,14,18,20H,6-10,13H2,1-5H3. The zero-order chi connectivity index (χ0) is 15.4. The lowest BCUT2D eigenvalue weighted by atomic mass is 9.92. The van der Waals surface area contributed by atoms with Crippen LogP contribution in [-0.2, 0) is 0 Å². The van der Waals surface area contributed by atoms with Crippen molar-refractivity contribution in [1.29, 1.82) is 0 Å². The Morgan fingerprint density at radius 1 is 1.14 bits per heavy atom. The van der Waals surface area contributed by atoms with Gasteiger partial charge in [-0.2, -0.15) is 0 Å². The van der Waals surface area contributed by atoms with E-state index in [0.717, 1.165) is 19.0 Å². The Bertz CT molecular complexity index is 436. The van der Waals surface area contributed by atoms with Gasteiger partial charge in [-0.15, -0.1) is 0 Å². The summed E-state index contributed by atoms with van der Waals surface area (Å²) in [7, 11) is 0. The average molecular weight is 288 g/mol. The molecule has 1 unspecified atom stereocenters. The molecule has 1 aliphatic heterocycles. The molecular formula is C19H32N2. The second kappa shape index (κ2) is 7.42. The first-order valence-electron chi connectivity index (χ1n) is 8.54. The monoisotopic (exact) mass is 288 g/mol. The molecule has 0 aromatic heterocycles. The minimum atomic E-state index is 0.462. The molecule has 1 fully saturated rings. The Morgan fingerprint density at radius 3 is 2.24 bits per heavy atom. The highest BCUT2D eigenvalue weighted by molar-refractivity contribution is 5.39. The molecule has 2 nitrogen and oxygen atoms in total. The molecule has 1 heterocycles. The van der Waals surface area contributed by atoms with Gasteiger partial charge in [0.25, 0.3) is 0 Å². The minimum Gasteiger partial charge on any atom is -0.309 e. The van der Waals surface area contributed by atoms with Crippen LogP contribution in [0.25, 0.3) is 0 Å². The van der Waals surface area contributed by atoms with Gasteiger partial charge < -0.3 is 10.2 Å². The fraction of sp³-hybridized carbons (Fsp3) is 0.684. The topological polar surface area (TPSA) is 15.3 Å². The number of benzene rings is 1. The number of aryl methyl sites for hydroxylation is 3. The van der Waals surface area contributed by atoms with Gasteiger partial charge in [0.05, 0.1) is 0 Å². The summed E-state index contributed by atoms with van der Waals surface area (Å²) in [6.07, 6.45) is 2.70. The van der Waals surface area contributed by atoms with E-state index < -0.39 is 0 Å². The highest BCUT2D eigenvalue weighted by Gasteiger charge is 2.22. The van der Waals surface area contributed by atoms with Gasteiger partial charge in [0.15, 0.2) is 0 Å². The lowest BCUT2D eigenvalue weighted by Crippen LogP contribution is -2.40. The van der Waals surface area contributed by atoms with Crippen molar-refractivity contribution in [1.82, 2.24) is 10.2 Å². The molecule has 21 heavy (non-hydrogen) atoms.